The smallest absolute Gasteiger partial charge is 0.241 e. The first-order valence-corrected chi connectivity index (χ1v) is 8.16. The van der Waals surface area contributed by atoms with Crippen LogP contribution in [0.25, 0.3) is 0 Å². The molecule has 1 saturated carbocycles. The van der Waals surface area contributed by atoms with E-state index in [0.29, 0.717) is 5.02 Å². The van der Waals surface area contributed by atoms with Gasteiger partial charge in [-0.2, -0.15) is 0 Å². The standard InChI is InChI=1S/C15H18ClNOS/c1-11-14(18)17(13-7-5-12(16)6-8-13)15(19-11)9-3-2-4-10-15/h5-8,11H,2-4,9-10H2,1H3/t11-/m0/s1. The zero-order valence-electron chi connectivity index (χ0n) is 11.1. The van der Waals surface area contributed by atoms with Gasteiger partial charge in [0.25, 0.3) is 0 Å². The number of halogens is 1. The number of thioether (sulfide) groups is 1. The van der Waals surface area contributed by atoms with Crippen molar-refractivity contribution in [3.8, 4) is 0 Å². The van der Waals surface area contributed by atoms with Crippen LogP contribution in [0.1, 0.15) is 39.0 Å². The lowest BCUT2D eigenvalue weighted by Gasteiger charge is -2.40. The first kappa shape index (κ1) is 13.3. The van der Waals surface area contributed by atoms with Gasteiger partial charge < -0.3 is 0 Å². The Hall–Kier alpha value is -0.670. The van der Waals surface area contributed by atoms with Crippen molar-refractivity contribution in [1.82, 2.24) is 0 Å². The van der Waals surface area contributed by atoms with Crippen LogP contribution >= 0.6 is 23.4 Å². The highest BCUT2D eigenvalue weighted by Crippen LogP contribution is 2.51. The highest BCUT2D eigenvalue weighted by Gasteiger charge is 2.50. The molecule has 0 aromatic heterocycles. The van der Waals surface area contributed by atoms with E-state index < -0.39 is 0 Å². The van der Waals surface area contributed by atoms with Crippen LogP contribution in [0.4, 0.5) is 5.69 Å². The third-order valence-corrected chi connectivity index (χ3v) is 5.93. The van der Waals surface area contributed by atoms with Gasteiger partial charge in [0.15, 0.2) is 0 Å². The van der Waals surface area contributed by atoms with Crippen LogP contribution in [-0.2, 0) is 4.79 Å². The molecule has 19 heavy (non-hydrogen) atoms. The van der Waals surface area contributed by atoms with Gasteiger partial charge in [-0.05, 0) is 44.0 Å². The molecule has 3 rings (SSSR count). The summed E-state index contributed by atoms with van der Waals surface area (Å²) in [4.78, 5) is 14.6. The summed E-state index contributed by atoms with van der Waals surface area (Å²) >= 11 is 7.80. The van der Waals surface area contributed by atoms with E-state index in [2.05, 4.69) is 0 Å². The summed E-state index contributed by atoms with van der Waals surface area (Å²) in [6.45, 7) is 2.03. The van der Waals surface area contributed by atoms with Crippen molar-refractivity contribution < 1.29 is 4.79 Å². The molecule has 0 unspecified atom stereocenters. The van der Waals surface area contributed by atoms with Crippen molar-refractivity contribution in [2.45, 2.75) is 49.1 Å². The van der Waals surface area contributed by atoms with E-state index >= 15 is 0 Å². The quantitative estimate of drug-likeness (QED) is 0.762. The molecule has 2 aliphatic rings. The first-order valence-electron chi connectivity index (χ1n) is 6.90. The van der Waals surface area contributed by atoms with Crippen LogP contribution in [0.15, 0.2) is 24.3 Å². The largest absolute Gasteiger partial charge is 0.296 e. The van der Waals surface area contributed by atoms with E-state index in [1.165, 1.54) is 19.3 Å². The highest BCUT2D eigenvalue weighted by atomic mass is 35.5. The number of carbonyl (C=O) groups is 1. The fourth-order valence-corrected chi connectivity index (χ4v) is 5.03. The Labute approximate surface area is 123 Å². The molecule has 1 atom stereocenters. The summed E-state index contributed by atoms with van der Waals surface area (Å²) in [7, 11) is 0. The van der Waals surface area contributed by atoms with Gasteiger partial charge >= 0.3 is 0 Å². The van der Waals surface area contributed by atoms with Crippen molar-refractivity contribution in [1.29, 1.82) is 0 Å². The lowest BCUT2D eigenvalue weighted by Crippen LogP contribution is -2.46. The van der Waals surface area contributed by atoms with Crippen molar-refractivity contribution in [3.63, 3.8) is 0 Å². The van der Waals surface area contributed by atoms with Crippen LogP contribution in [0.3, 0.4) is 0 Å². The number of anilines is 1. The van der Waals surface area contributed by atoms with Crippen LogP contribution in [0.5, 0.6) is 0 Å². The maximum absolute atomic E-state index is 12.5. The number of hydrogen-bond donors (Lipinski definition) is 0. The number of rotatable bonds is 1. The van der Waals surface area contributed by atoms with Gasteiger partial charge in [0.2, 0.25) is 5.91 Å². The predicted molar refractivity (Wildman–Crippen MR) is 81.8 cm³/mol. The zero-order chi connectivity index (χ0) is 13.5. The maximum atomic E-state index is 12.5. The van der Waals surface area contributed by atoms with Gasteiger partial charge in [-0.1, -0.05) is 30.9 Å². The van der Waals surface area contributed by atoms with E-state index in [1.54, 1.807) is 0 Å². The third kappa shape index (κ3) is 2.27. The monoisotopic (exact) mass is 295 g/mol. The zero-order valence-corrected chi connectivity index (χ0v) is 12.6. The number of hydrogen-bond acceptors (Lipinski definition) is 2. The molecule has 1 spiro atoms. The number of nitrogens with zero attached hydrogens (tertiary/aromatic N) is 1. The molecular weight excluding hydrogens is 278 g/mol. The van der Waals surface area contributed by atoms with E-state index in [4.69, 9.17) is 11.6 Å². The second kappa shape index (κ2) is 5.02. The van der Waals surface area contributed by atoms with Gasteiger partial charge in [0, 0.05) is 10.7 Å². The molecule has 0 bridgehead atoms. The van der Waals surface area contributed by atoms with E-state index in [9.17, 15) is 4.79 Å². The Balaban J connectivity index is 1.99. The van der Waals surface area contributed by atoms with Crippen molar-refractivity contribution >= 4 is 35.0 Å². The molecule has 1 amide bonds. The summed E-state index contributed by atoms with van der Waals surface area (Å²) in [6.07, 6.45) is 5.94. The van der Waals surface area contributed by atoms with Crippen LogP contribution < -0.4 is 4.90 Å². The Morgan fingerprint density at radius 2 is 1.84 bits per heavy atom. The molecule has 2 fully saturated rings. The number of benzene rings is 1. The molecule has 0 radical (unpaired) electrons. The Kier molecular flexibility index (Phi) is 3.52. The Morgan fingerprint density at radius 3 is 2.47 bits per heavy atom. The second-order valence-corrected chi connectivity index (χ2v) is 7.56. The van der Waals surface area contributed by atoms with Crippen molar-refractivity contribution in [2.24, 2.45) is 0 Å². The van der Waals surface area contributed by atoms with Gasteiger partial charge in [0.1, 0.15) is 0 Å². The minimum Gasteiger partial charge on any atom is -0.296 e. The minimum absolute atomic E-state index is 0.0113. The summed E-state index contributed by atoms with van der Waals surface area (Å²) in [6, 6.07) is 7.67. The van der Waals surface area contributed by atoms with E-state index in [1.807, 2.05) is 47.9 Å². The molecule has 102 valence electrons. The SMILES string of the molecule is C[C@@H]1SC2(CCCCC2)N(c2ccc(Cl)cc2)C1=O. The Morgan fingerprint density at radius 1 is 1.21 bits per heavy atom. The third-order valence-electron chi connectivity index (χ3n) is 4.09. The number of amides is 1. The molecule has 0 N–H and O–H groups in total. The Bertz CT molecular complexity index is 481. The van der Waals surface area contributed by atoms with Gasteiger partial charge in [-0.3, -0.25) is 9.69 Å². The average Bonchev–Trinajstić information content (AvgIpc) is 2.64. The molecule has 1 aliphatic carbocycles. The van der Waals surface area contributed by atoms with Crippen LogP contribution in [0.2, 0.25) is 5.02 Å². The van der Waals surface area contributed by atoms with E-state index in [0.717, 1.165) is 18.5 Å². The molecule has 1 aliphatic heterocycles. The molecular formula is C15H18ClNOS. The fourth-order valence-electron chi connectivity index (χ4n) is 3.21. The minimum atomic E-state index is -0.0113. The lowest BCUT2D eigenvalue weighted by molar-refractivity contribution is -0.117. The molecule has 1 saturated heterocycles. The molecule has 1 aromatic rings. The van der Waals surface area contributed by atoms with Gasteiger partial charge in [-0.15, -0.1) is 11.8 Å². The molecule has 4 heteroatoms. The molecule has 1 aromatic carbocycles. The fraction of sp³-hybridized carbons (Fsp3) is 0.533. The average molecular weight is 296 g/mol. The summed E-state index contributed by atoms with van der Waals surface area (Å²) < 4.78 is 0. The van der Waals surface area contributed by atoms with Crippen LogP contribution in [0, 0.1) is 0 Å². The molecule has 1 heterocycles. The predicted octanol–water partition coefficient (Wildman–Crippen LogP) is 4.47. The summed E-state index contributed by atoms with van der Waals surface area (Å²) in [5.74, 6) is 0.245. The summed E-state index contributed by atoms with van der Waals surface area (Å²) in [5, 5.41) is 0.780. The van der Waals surface area contributed by atoms with Crippen LogP contribution in [-0.4, -0.2) is 16.0 Å². The second-order valence-electron chi connectivity index (χ2n) is 5.42. The van der Waals surface area contributed by atoms with Crippen molar-refractivity contribution in [3.05, 3.63) is 29.3 Å². The normalized spacial score (nSPS) is 26.1. The molecule has 2 nitrogen and oxygen atoms in total. The topological polar surface area (TPSA) is 20.3 Å². The maximum Gasteiger partial charge on any atom is 0.241 e. The lowest BCUT2D eigenvalue weighted by atomic mass is 9.93. The van der Waals surface area contributed by atoms with Crippen molar-refractivity contribution in [2.75, 3.05) is 4.90 Å². The summed E-state index contributed by atoms with van der Waals surface area (Å²) in [5.41, 5.74) is 0.994. The van der Waals surface area contributed by atoms with E-state index in [-0.39, 0.29) is 16.0 Å². The first-order chi connectivity index (χ1) is 9.12. The number of carbonyl (C=O) groups excluding carboxylic acids is 1. The van der Waals surface area contributed by atoms with Gasteiger partial charge in [0.05, 0.1) is 10.1 Å². The van der Waals surface area contributed by atoms with Gasteiger partial charge in [-0.25, -0.2) is 0 Å². The highest BCUT2D eigenvalue weighted by molar-refractivity contribution is 8.02.